The summed E-state index contributed by atoms with van der Waals surface area (Å²) in [5.41, 5.74) is -0.0744. The summed E-state index contributed by atoms with van der Waals surface area (Å²) in [6.07, 6.45) is 1.27. The molecule has 1 N–H and O–H groups in total. The van der Waals surface area contributed by atoms with Crippen LogP contribution in [-0.4, -0.2) is 5.11 Å². The summed E-state index contributed by atoms with van der Waals surface area (Å²) < 4.78 is 20.5. The zero-order chi connectivity index (χ0) is 12.0. The molecule has 0 aromatic carbocycles. The zero-order valence-electron chi connectivity index (χ0n) is 9.84. The molecule has 0 saturated heterocycles. The Morgan fingerprint density at radius 2 is 2.14 bits per heavy atom. The van der Waals surface area contributed by atoms with Crippen molar-refractivity contribution in [3.8, 4) is 16.9 Å². The van der Waals surface area contributed by atoms with E-state index in [4.69, 9.17) is 7.16 Å². The predicted octanol–water partition coefficient (Wildman–Crippen LogP) is 2.07. The van der Waals surface area contributed by atoms with Crippen LogP contribution in [0.3, 0.4) is 0 Å². The van der Waals surface area contributed by atoms with E-state index in [1.807, 2.05) is 0 Å². The number of rotatable bonds is 0. The van der Waals surface area contributed by atoms with Crippen molar-refractivity contribution in [3.05, 3.63) is 39.9 Å². The Morgan fingerprint density at radius 3 is 2.86 bits per heavy atom. The molecule has 0 bridgehead atoms. The van der Waals surface area contributed by atoms with Crippen LogP contribution >= 0.6 is 0 Å². The van der Waals surface area contributed by atoms with E-state index in [1.54, 1.807) is 6.92 Å². The van der Waals surface area contributed by atoms with Crippen LogP contribution in [0.25, 0.3) is 11.1 Å². The van der Waals surface area contributed by atoms with Crippen LogP contribution in [-0.2, 0) is 0 Å². The molecular weight excluding hydrogens is 180 g/mol. The van der Waals surface area contributed by atoms with Gasteiger partial charge in [-0.15, -0.1) is 0 Å². The number of fused-ring (bicyclic) bond motifs is 1. The molecule has 0 radical (unpaired) electrons. The molecule has 1 aliphatic carbocycles. The maximum atomic E-state index is 11.6. The van der Waals surface area contributed by atoms with Crippen molar-refractivity contribution < 1.29 is 12.3 Å². The summed E-state index contributed by atoms with van der Waals surface area (Å²) in [4.78, 5) is 11.6. The highest BCUT2D eigenvalue weighted by Gasteiger charge is 2.13. The summed E-state index contributed by atoms with van der Waals surface area (Å²) in [5.74, 6) is 0.0944. The maximum absolute atomic E-state index is 11.6. The van der Waals surface area contributed by atoms with Crippen molar-refractivity contribution in [2.75, 3.05) is 0 Å². The van der Waals surface area contributed by atoms with Crippen LogP contribution in [0.4, 0.5) is 0 Å². The quantitative estimate of drug-likeness (QED) is 0.695. The molecule has 0 atom stereocenters. The minimum absolute atomic E-state index is 0.0325. The van der Waals surface area contributed by atoms with Gasteiger partial charge in [0.25, 0.3) is 0 Å². The second-order valence-electron chi connectivity index (χ2n) is 3.13. The molecule has 1 heterocycles. The lowest BCUT2D eigenvalue weighted by atomic mass is 10.0. The van der Waals surface area contributed by atoms with Crippen LogP contribution in [0.2, 0.25) is 0 Å². The Kier molecular flexibility index (Phi) is 1.36. The number of benzene rings is 1. The average Bonchev–Trinajstić information content (AvgIpc) is 2.27. The molecule has 0 amide bonds. The van der Waals surface area contributed by atoms with Crippen molar-refractivity contribution in [3.63, 3.8) is 0 Å². The number of hydrogen-bond donors (Lipinski definition) is 1. The van der Waals surface area contributed by atoms with Crippen LogP contribution in [0.1, 0.15) is 14.1 Å². The standard InChI is InChI=1S/C11H10O3/c1-6-3-8-4-10(12)7(2)11(13)9(8)5-14-6/h3-5,13H,1-2H3/i3D,4D. The van der Waals surface area contributed by atoms with Gasteiger partial charge in [0.15, 0.2) is 5.43 Å². The van der Waals surface area contributed by atoms with Gasteiger partial charge in [0.1, 0.15) is 17.8 Å². The minimum Gasteiger partial charge on any atom is -0.507 e. The molecule has 2 rings (SSSR count). The first-order chi connectivity index (χ1) is 7.45. The Balaban J connectivity index is 3.08. The van der Waals surface area contributed by atoms with Gasteiger partial charge in [0, 0.05) is 5.56 Å². The number of aromatic hydroxyl groups is 1. The van der Waals surface area contributed by atoms with Crippen molar-refractivity contribution >= 4 is 0 Å². The first kappa shape index (κ1) is 6.65. The van der Waals surface area contributed by atoms with Gasteiger partial charge >= 0.3 is 0 Å². The number of aryl methyl sites for hydroxylation is 1. The fourth-order valence-electron chi connectivity index (χ4n) is 1.27. The Bertz CT molecular complexity index is 602. The van der Waals surface area contributed by atoms with Crippen molar-refractivity contribution in [1.82, 2.24) is 0 Å². The fourth-order valence-corrected chi connectivity index (χ4v) is 1.27. The highest BCUT2D eigenvalue weighted by atomic mass is 16.3. The second-order valence-corrected chi connectivity index (χ2v) is 3.13. The summed E-state index contributed by atoms with van der Waals surface area (Å²) in [6.45, 7) is 3.02. The summed E-state index contributed by atoms with van der Waals surface area (Å²) in [6, 6.07) is -0.302. The molecule has 14 heavy (non-hydrogen) atoms. The highest BCUT2D eigenvalue weighted by Crippen LogP contribution is 2.31. The van der Waals surface area contributed by atoms with Gasteiger partial charge in [-0.05, 0) is 31.5 Å². The number of hydrogen-bond acceptors (Lipinski definition) is 3. The second kappa shape index (κ2) is 2.87. The van der Waals surface area contributed by atoms with Gasteiger partial charge in [-0.1, -0.05) is 0 Å². The van der Waals surface area contributed by atoms with E-state index in [2.05, 4.69) is 0 Å². The topological polar surface area (TPSA) is 50.4 Å². The molecule has 0 aromatic heterocycles. The van der Waals surface area contributed by atoms with Gasteiger partial charge in [0.05, 0.1) is 8.30 Å². The first-order valence-electron chi connectivity index (χ1n) is 5.16. The molecule has 3 heteroatoms. The molecular formula is C11H10O3. The van der Waals surface area contributed by atoms with Crippen LogP contribution in [0.5, 0.6) is 5.75 Å². The predicted molar refractivity (Wildman–Crippen MR) is 52.7 cm³/mol. The summed E-state index contributed by atoms with van der Waals surface area (Å²) in [7, 11) is 0. The van der Waals surface area contributed by atoms with E-state index in [9.17, 15) is 9.90 Å². The highest BCUT2D eigenvalue weighted by molar-refractivity contribution is 5.72. The molecule has 0 saturated carbocycles. The van der Waals surface area contributed by atoms with Gasteiger partial charge in [0.2, 0.25) is 0 Å². The Hall–Kier alpha value is -1.77. The lowest BCUT2D eigenvalue weighted by molar-refractivity contribution is 0.464. The summed E-state index contributed by atoms with van der Waals surface area (Å²) in [5, 5.41) is 9.75. The van der Waals surface area contributed by atoms with Crippen molar-refractivity contribution in [1.29, 1.82) is 0 Å². The third-order valence-corrected chi connectivity index (χ3v) is 2.11. The largest absolute Gasteiger partial charge is 0.507 e. The Morgan fingerprint density at radius 1 is 1.43 bits per heavy atom. The van der Waals surface area contributed by atoms with E-state index in [1.165, 1.54) is 13.2 Å². The molecule has 0 fully saturated rings. The third kappa shape index (κ3) is 1.18. The Labute approximate surface area is 83.8 Å². The lowest BCUT2D eigenvalue weighted by Crippen LogP contribution is -2.05. The molecule has 1 aliphatic heterocycles. The number of phenols is 1. The molecule has 72 valence electrons. The normalized spacial score (nSPS) is 12.7. The average molecular weight is 192 g/mol. The van der Waals surface area contributed by atoms with Crippen molar-refractivity contribution in [2.45, 2.75) is 13.8 Å². The van der Waals surface area contributed by atoms with Gasteiger partial charge in [-0.2, -0.15) is 0 Å². The van der Waals surface area contributed by atoms with Crippen LogP contribution in [0, 0.1) is 13.8 Å². The monoisotopic (exact) mass is 192 g/mol. The van der Waals surface area contributed by atoms with Gasteiger partial charge in [-0.3, -0.25) is 4.79 Å². The van der Waals surface area contributed by atoms with E-state index >= 15 is 0 Å². The third-order valence-electron chi connectivity index (χ3n) is 2.11. The summed E-state index contributed by atoms with van der Waals surface area (Å²) >= 11 is 0. The van der Waals surface area contributed by atoms with Crippen LogP contribution in [0.15, 0.2) is 27.6 Å². The van der Waals surface area contributed by atoms with E-state index in [0.29, 0.717) is 5.76 Å². The molecule has 2 aliphatic rings. The SMILES string of the molecule is [2H]c1c(C)occ2c(O)c(C)c(=O)c([2H])c1-2. The smallest absolute Gasteiger partial charge is 0.185 e. The van der Waals surface area contributed by atoms with Crippen LogP contribution < -0.4 is 5.43 Å². The molecule has 3 nitrogen and oxygen atoms in total. The molecule has 0 unspecified atom stereocenters. The molecule has 0 spiro atoms. The first-order valence-corrected chi connectivity index (χ1v) is 4.16. The van der Waals surface area contributed by atoms with Gasteiger partial charge < -0.3 is 9.52 Å². The van der Waals surface area contributed by atoms with E-state index in [-0.39, 0.29) is 34.5 Å². The van der Waals surface area contributed by atoms with E-state index in [0.717, 1.165) is 0 Å². The minimum atomic E-state index is -0.552. The van der Waals surface area contributed by atoms with Gasteiger partial charge in [-0.25, -0.2) is 0 Å². The molecule has 0 aromatic rings. The fraction of sp³-hybridized carbons (Fsp3) is 0.182. The number of phenolic OH excluding ortho intramolecular Hbond substituents is 1. The van der Waals surface area contributed by atoms with E-state index < -0.39 is 5.43 Å². The van der Waals surface area contributed by atoms with Crippen molar-refractivity contribution in [2.24, 2.45) is 0 Å². The maximum Gasteiger partial charge on any atom is 0.185 e. The zero-order valence-corrected chi connectivity index (χ0v) is 7.84. The lowest BCUT2D eigenvalue weighted by Gasteiger charge is -2.08.